The van der Waals surface area contributed by atoms with E-state index in [1.807, 2.05) is 6.07 Å². The Bertz CT molecular complexity index is 548. The Balaban J connectivity index is 1.71. The molecule has 1 fully saturated rings. The Morgan fingerprint density at radius 2 is 2.19 bits per heavy atom. The number of hydrogen-bond acceptors (Lipinski definition) is 4. The molecular formula is C15H17N3O3. The summed E-state index contributed by atoms with van der Waals surface area (Å²) in [7, 11) is 0. The van der Waals surface area contributed by atoms with E-state index in [0.29, 0.717) is 24.4 Å². The van der Waals surface area contributed by atoms with E-state index in [1.165, 1.54) is 0 Å². The van der Waals surface area contributed by atoms with Gasteiger partial charge in [0.2, 0.25) is 5.91 Å². The van der Waals surface area contributed by atoms with Gasteiger partial charge in [-0.25, -0.2) is 0 Å². The largest absolute Gasteiger partial charge is 0.484 e. The average Bonchev–Trinajstić information content (AvgIpc) is 2.52. The Labute approximate surface area is 123 Å². The number of nitrogens with one attached hydrogen (secondary N) is 2. The van der Waals surface area contributed by atoms with Gasteiger partial charge in [-0.2, -0.15) is 5.26 Å². The number of ether oxygens (including phenoxy) is 1. The molecule has 1 aromatic rings. The fourth-order valence-corrected chi connectivity index (χ4v) is 2.09. The van der Waals surface area contributed by atoms with Gasteiger partial charge in [-0.3, -0.25) is 9.59 Å². The second-order valence-electron chi connectivity index (χ2n) is 4.86. The van der Waals surface area contributed by atoms with Crippen molar-refractivity contribution >= 4 is 11.8 Å². The molecule has 0 bridgehead atoms. The van der Waals surface area contributed by atoms with E-state index in [-0.39, 0.29) is 24.3 Å². The van der Waals surface area contributed by atoms with E-state index in [4.69, 9.17) is 10.00 Å². The number of nitrogens with zero attached hydrogens (tertiary/aromatic N) is 1. The third kappa shape index (κ3) is 4.49. The summed E-state index contributed by atoms with van der Waals surface area (Å²) in [6.45, 7) is 0.937. The van der Waals surface area contributed by atoms with E-state index >= 15 is 0 Å². The highest BCUT2D eigenvalue weighted by molar-refractivity contribution is 5.81. The van der Waals surface area contributed by atoms with Crippen LogP contribution < -0.4 is 15.4 Å². The van der Waals surface area contributed by atoms with Crippen molar-refractivity contribution in [3.8, 4) is 11.8 Å². The number of hydrogen-bond donors (Lipinski definition) is 2. The van der Waals surface area contributed by atoms with Gasteiger partial charge >= 0.3 is 0 Å². The van der Waals surface area contributed by atoms with Crippen molar-refractivity contribution in [2.75, 3.05) is 19.7 Å². The van der Waals surface area contributed by atoms with Crippen LogP contribution in [0.3, 0.4) is 0 Å². The van der Waals surface area contributed by atoms with Crippen molar-refractivity contribution in [1.82, 2.24) is 10.6 Å². The lowest BCUT2D eigenvalue weighted by Gasteiger charge is -2.21. The maximum atomic E-state index is 11.7. The molecule has 0 radical (unpaired) electrons. The summed E-state index contributed by atoms with van der Waals surface area (Å²) >= 11 is 0. The molecule has 2 rings (SSSR count). The zero-order chi connectivity index (χ0) is 15.1. The van der Waals surface area contributed by atoms with Crippen LogP contribution in [0.15, 0.2) is 24.3 Å². The molecular weight excluding hydrogens is 270 g/mol. The van der Waals surface area contributed by atoms with Gasteiger partial charge in [0, 0.05) is 13.1 Å². The fraction of sp³-hybridized carbons (Fsp3) is 0.400. The summed E-state index contributed by atoms with van der Waals surface area (Å²) in [6, 6.07) is 8.53. The fourth-order valence-electron chi connectivity index (χ4n) is 2.09. The van der Waals surface area contributed by atoms with E-state index in [1.54, 1.807) is 24.3 Å². The Morgan fingerprint density at radius 1 is 1.43 bits per heavy atom. The van der Waals surface area contributed by atoms with Gasteiger partial charge < -0.3 is 15.4 Å². The summed E-state index contributed by atoms with van der Waals surface area (Å²) in [5, 5.41) is 14.1. The highest BCUT2D eigenvalue weighted by Gasteiger charge is 2.22. The van der Waals surface area contributed by atoms with E-state index in [9.17, 15) is 9.59 Å². The van der Waals surface area contributed by atoms with Crippen LogP contribution in [-0.2, 0) is 9.59 Å². The molecule has 1 atom stereocenters. The minimum atomic E-state index is -0.266. The first-order valence-corrected chi connectivity index (χ1v) is 6.86. The second kappa shape index (κ2) is 7.29. The van der Waals surface area contributed by atoms with Crippen LogP contribution in [0, 0.1) is 17.2 Å². The topological polar surface area (TPSA) is 91.2 Å². The monoisotopic (exact) mass is 287 g/mol. The van der Waals surface area contributed by atoms with Crippen LogP contribution in [0.4, 0.5) is 0 Å². The standard InChI is InChI=1S/C15H17N3O3/c16-8-11-3-5-13(6-4-11)21-10-14(19)18-9-12-2-1-7-17-15(12)20/h3-6,12H,1-2,7,9-10H2,(H,17,20)(H,18,19). The predicted molar refractivity (Wildman–Crippen MR) is 75.4 cm³/mol. The van der Waals surface area contributed by atoms with E-state index < -0.39 is 0 Å². The van der Waals surface area contributed by atoms with Crippen LogP contribution in [0.2, 0.25) is 0 Å². The minimum Gasteiger partial charge on any atom is -0.484 e. The molecule has 2 amide bonds. The van der Waals surface area contributed by atoms with Crippen molar-refractivity contribution in [2.24, 2.45) is 5.92 Å². The third-order valence-electron chi connectivity index (χ3n) is 3.30. The van der Waals surface area contributed by atoms with Gasteiger partial charge in [0.15, 0.2) is 6.61 Å². The molecule has 6 heteroatoms. The van der Waals surface area contributed by atoms with Crippen LogP contribution >= 0.6 is 0 Å². The van der Waals surface area contributed by atoms with Crippen molar-refractivity contribution in [3.63, 3.8) is 0 Å². The lowest BCUT2D eigenvalue weighted by atomic mass is 9.99. The van der Waals surface area contributed by atoms with Crippen LogP contribution in [0.5, 0.6) is 5.75 Å². The predicted octanol–water partition coefficient (Wildman–Crippen LogP) is 0.579. The van der Waals surface area contributed by atoms with Gasteiger partial charge in [-0.05, 0) is 37.1 Å². The van der Waals surface area contributed by atoms with Gasteiger partial charge in [0.1, 0.15) is 5.75 Å². The Hall–Kier alpha value is -2.55. The number of carbonyl (C=O) groups is 2. The number of nitriles is 1. The zero-order valence-electron chi connectivity index (χ0n) is 11.6. The Morgan fingerprint density at radius 3 is 2.86 bits per heavy atom. The molecule has 1 aliphatic heterocycles. The lowest BCUT2D eigenvalue weighted by Crippen LogP contribution is -2.43. The first kappa shape index (κ1) is 14.9. The Kier molecular flexibility index (Phi) is 5.16. The molecule has 1 aromatic carbocycles. The minimum absolute atomic E-state index is 0.00504. The zero-order valence-corrected chi connectivity index (χ0v) is 11.6. The quantitative estimate of drug-likeness (QED) is 0.828. The van der Waals surface area contributed by atoms with Crippen LogP contribution in [-0.4, -0.2) is 31.5 Å². The SMILES string of the molecule is N#Cc1ccc(OCC(=O)NCC2CCCNC2=O)cc1. The molecule has 1 heterocycles. The molecule has 110 valence electrons. The molecule has 0 spiro atoms. The molecule has 0 saturated carbocycles. The van der Waals surface area contributed by atoms with E-state index in [2.05, 4.69) is 10.6 Å². The molecule has 1 unspecified atom stereocenters. The van der Waals surface area contributed by atoms with Gasteiger partial charge in [-0.1, -0.05) is 0 Å². The summed E-state index contributed by atoms with van der Waals surface area (Å²) in [6.07, 6.45) is 1.73. The van der Waals surface area contributed by atoms with Crippen molar-refractivity contribution in [3.05, 3.63) is 29.8 Å². The lowest BCUT2D eigenvalue weighted by molar-refractivity contribution is -0.127. The highest BCUT2D eigenvalue weighted by atomic mass is 16.5. The van der Waals surface area contributed by atoms with Crippen molar-refractivity contribution in [2.45, 2.75) is 12.8 Å². The maximum absolute atomic E-state index is 11.7. The van der Waals surface area contributed by atoms with Crippen LogP contribution in [0.1, 0.15) is 18.4 Å². The average molecular weight is 287 g/mol. The van der Waals surface area contributed by atoms with Crippen molar-refractivity contribution < 1.29 is 14.3 Å². The molecule has 1 aliphatic rings. The first-order chi connectivity index (χ1) is 10.2. The summed E-state index contributed by atoms with van der Waals surface area (Å²) < 4.78 is 5.31. The summed E-state index contributed by atoms with van der Waals surface area (Å²) in [5.74, 6) is 0.101. The van der Waals surface area contributed by atoms with Gasteiger partial charge in [0.25, 0.3) is 5.91 Å². The molecule has 2 N–H and O–H groups in total. The number of benzene rings is 1. The number of carbonyl (C=O) groups excluding carboxylic acids is 2. The normalized spacial score (nSPS) is 17.5. The molecule has 1 saturated heterocycles. The molecule has 0 aromatic heterocycles. The van der Waals surface area contributed by atoms with Crippen LogP contribution in [0.25, 0.3) is 0 Å². The third-order valence-corrected chi connectivity index (χ3v) is 3.30. The molecule has 6 nitrogen and oxygen atoms in total. The van der Waals surface area contributed by atoms with Gasteiger partial charge in [0.05, 0.1) is 17.6 Å². The number of amides is 2. The first-order valence-electron chi connectivity index (χ1n) is 6.86. The van der Waals surface area contributed by atoms with E-state index in [0.717, 1.165) is 12.8 Å². The summed E-state index contributed by atoms with van der Waals surface area (Å²) in [4.78, 5) is 23.2. The molecule has 21 heavy (non-hydrogen) atoms. The second-order valence-corrected chi connectivity index (χ2v) is 4.86. The smallest absolute Gasteiger partial charge is 0.257 e. The molecule has 0 aliphatic carbocycles. The van der Waals surface area contributed by atoms with Gasteiger partial charge in [-0.15, -0.1) is 0 Å². The summed E-state index contributed by atoms with van der Waals surface area (Å²) in [5.41, 5.74) is 0.537. The number of piperidine rings is 1. The highest BCUT2D eigenvalue weighted by Crippen LogP contribution is 2.12. The maximum Gasteiger partial charge on any atom is 0.257 e. The van der Waals surface area contributed by atoms with Crippen molar-refractivity contribution in [1.29, 1.82) is 5.26 Å². The number of rotatable bonds is 5.